The van der Waals surface area contributed by atoms with E-state index in [4.69, 9.17) is 9.84 Å². The molecule has 0 bridgehead atoms. The van der Waals surface area contributed by atoms with Crippen molar-refractivity contribution in [2.45, 2.75) is 57.2 Å². The highest BCUT2D eigenvalue weighted by Crippen LogP contribution is 2.43. The molecular formula is C11H18O3. The average Bonchev–Trinajstić information content (AvgIpc) is 2.49. The van der Waals surface area contributed by atoms with Crippen molar-refractivity contribution < 1.29 is 14.6 Å². The quantitative estimate of drug-likeness (QED) is 0.702. The molecule has 1 aliphatic heterocycles. The maximum absolute atomic E-state index is 10.8. The van der Waals surface area contributed by atoms with Crippen LogP contribution in [0.2, 0.25) is 0 Å². The van der Waals surface area contributed by atoms with Crippen LogP contribution in [0.5, 0.6) is 0 Å². The molecule has 0 radical (unpaired) electrons. The number of hydrogen-bond donors (Lipinski definition) is 1. The van der Waals surface area contributed by atoms with Crippen molar-refractivity contribution in [2.24, 2.45) is 5.92 Å². The highest BCUT2D eigenvalue weighted by Gasteiger charge is 2.44. The highest BCUT2D eigenvalue weighted by molar-refractivity contribution is 5.72. The maximum atomic E-state index is 10.8. The molecule has 1 N–H and O–H groups in total. The van der Waals surface area contributed by atoms with E-state index < -0.39 is 12.1 Å². The highest BCUT2D eigenvalue weighted by atomic mass is 16.5. The van der Waals surface area contributed by atoms with Crippen LogP contribution in [0.25, 0.3) is 0 Å². The molecule has 80 valence electrons. The first-order chi connectivity index (χ1) is 6.61. The van der Waals surface area contributed by atoms with E-state index in [0.717, 1.165) is 19.3 Å². The summed E-state index contributed by atoms with van der Waals surface area (Å²) in [6.45, 7) is 2.23. The molecule has 1 saturated carbocycles. The van der Waals surface area contributed by atoms with Gasteiger partial charge in [-0.2, -0.15) is 0 Å². The molecule has 1 spiro atoms. The molecule has 1 heterocycles. The number of carbonyl (C=O) groups is 1. The van der Waals surface area contributed by atoms with Crippen molar-refractivity contribution in [2.75, 3.05) is 0 Å². The van der Waals surface area contributed by atoms with Crippen LogP contribution in [0.1, 0.15) is 45.4 Å². The second-order valence-electron chi connectivity index (χ2n) is 4.87. The van der Waals surface area contributed by atoms with Crippen LogP contribution in [0.4, 0.5) is 0 Å². The van der Waals surface area contributed by atoms with Gasteiger partial charge in [-0.05, 0) is 31.6 Å². The zero-order valence-electron chi connectivity index (χ0n) is 8.66. The molecule has 0 aromatic rings. The van der Waals surface area contributed by atoms with Gasteiger partial charge in [-0.1, -0.05) is 19.8 Å². The monoisotopic (exact) mass is 198 g/mol. The smallest absolute Gasteiger partial charge is 0.332 e. The van der Waals surface area contributed by atoms with Gasteiger partial charge in [-0.25, -0.2) is 4.79 Å². The zero-order valence-corrected chi connectivity index (χ0v) is 8.66. The Hall–Kier alpha value is -0.570. The molecule has 3 atom stereocenters. The molecular weight excluding hydrogens is 180 g/mol. The molecule has 2 aliphatic rings. The minimum Gasteiger partial charge on any atom is -0.479 e. The summed E-state index contributed by atoms with van der Waals surface area (Å²) in [5.41, 5.74) is -0.0826. The molecule has 2 fully saturated rings. The van der Waals surface area contributed by atoms with Gasteiger partial charge in [0.05, 0.1) is 5.60 Å². The summed E-state index contributed by atoms with van der Waals surface area (Å²) in [6.07, 6.45) is 5.66. The predicted molar refractivity (Wildman–Crippen MR) is 52.1 cm³/mol. The fourth-order valence-corrected chi connectivity index (χ4v) is 2.93. The summed E-state index contributed by atoms with van der Waals surface area (Å²) in [7, 11) is 0. The van der Waals surface area contributed by atoms with Gasteiger partial charge in [0.25, 0.3) is 0 Å². The van der Waals surface area contributed by atoms with Crippen LogP contribution in [0.3, 0.4) is 0 Å². The van der Waals surface area contributed by atoms with Crippen LogP contribution in [0.15, 0.2) is 0 Å². The van der Waals surface area contributed by atoms with Gasteiger partial charge < -0.3 is 9.84 Å². The van der Waals surface area contributed by atoms with Gasteiger partial charge in [-0.3, -0.25) is 0 Å². The number of aliphatic carboxylic acids is 1. The van der Waals surface area contributed by atoms with E-state index in [1.165, 1.54) is 12.8 Å². The predicted octanol–water partition coefficient (Wildman–Crippen LogP) is 2.20. The lowest BCUT2D eigenvalue weighted by atomic mass is 9.77. The third-order valence-corrected chi connectivity index (χ3v) is 3.58. The summed E-state index contributed by atoms with van der Waals surface area (Å²) < 4.78 is 5.72. The molecule has 1 saturated heterocycles. The summed E-state index contributed by atoms with van der Waals surface area (Å²) in [4.78, 5) is 10.8. The van der Waals surface area contributed by atoms with Crippen LogP contribution in [-0.2, 0) is 9.53 Å². The number of hydrogen-bond acceptors (Lipinski definition) is 2. The molecule has 14 heavy (non-hydrogen) atoms. The third-order valence-electron chi connectivity index (χ3n) is 3.58. The van der Waals surface area contributed by atoms with E-state index in [-0.39, 0.29) is 5.60 Å². The van der Waals surface area contributed by atoms with E-state index in [0.29, 0.717) is 12.3 Å². The standard InChI is InChI=1S/C11H18O3/c1-8-3-2-5-11(7-8)6-4-9(14-11)10(12)13/h8-9H,2-7H2,1H3,(H,12,13). The molecule has 3 unspecified atom stereocenters. The number of rotatable bonds is 1. The van der Waals surface area contributed by atoms with Gasteiger partial charge in [-0.15, -0.1) is 0 Å². The lowest BCUT2D eigenvalue weighted by Gasteiger charge is -2.36. The van der Waals surface area contributed by atoms with E-state index in [9.17, 15) is 4.79 Å². The summed E-state index contributed by atoms with van der Waals surface area (Å²) in [5.74, 6) is -0.101. The SMILES string of the molecule is CC1CCCC2(CCC(C(=O)O)O2)C1. The van der Waals surface area contributed by atoms with Crippen molar-refractivity contribution in [3.05, 3.63) is 0 Å². The Labute approximate surface area is 84.4 Å². The Kier molecular flexibility index (Phi) is 2.52. The van der Waals surface area contributed by atoms with Crippen LogP contribution >= 0.6 is 0 Å². The Bertz CT molecular complexity index is 239. The van der Waals surface area contributed by atoms with Crippen molar-refractivity contribution in [1.82, 2.24) is 0 Å². The number of carboxylic acids is 1. The van der Waals surface area contributed by atoms with Crippen molar-refractivity contribution >= 4 is 5.97 Å². The zero-order chi connectivity index (χ0) is 10.2. The number of ether oxygens (including phenoxy) is 1. The maximum Gasteiger partial charge on any atom is 0.332 e. The minimum absolute atomic E-state index is 0.0826. The Morgan fingerprint density at radius 2 is 2.21 bits per heavy atom. The van der Waals surface area contributed by atoms with Gasteiger partial charge >= 0.3 is 5.97 Å². The molecule has 0 amide bonds. The molecule has 0 aromatic carbocycles. The lowest BCUT2D eigenvalue weighted by molar-refractivity contribution is -0.157. The van der Waals surface area contributed by atoms with Gasteiger partial charge in [0.2, 0.25) is 0 Å². The second-order valence-corrected chi connectivity index (χ2v) is 4.87. The second kappa shape index (κ2) is 3.54. The fourth-order valence-electron chi connectivity index (χ4n) is 2.93. The topological polar surface area (TPSA) is 46.5 Å². The van der Waals surface area contributed by atoms with Gasteiger partial charge in [0.15, 0.2) is 6.10 Å². The summed E-state index contributed by atoms with van der Waals surface area (Å²) in [6, 6.07) is 0. The van der Waals surface area contributed by atoms with E-state index >= 15 is 0 Å². The largest absolute Gasteiger partial charge is 0.479 e. The first-order valence-corrected chi connectivity index (χ1v) is 5.52. The third kappa shape index (κ3) is 1.78. The molecule has 0 aromatic heterocycles. The summed E-state index contributed by atoms with van der Waals surface area (Å²) >= 11 is 0. The van der Waals surface area contributed by atoms with E-state index in [2.05, 4.69) is 6.92 Å². The molecule has 2 rings (SSSR count). The average molecular weight is 198 g/mol. The van der Waals surface area contributed by atoms with E-state index in [1.807, 2.05) is 0 Å². The molecule has 3 heteroatoms. The fraction of sp³-hybridized carbons (Fsp3) is 0.909. The van der Waals surface area contributed by atoms with Crippen LogP contribution in [-0.4, -0.2) is 22.8 Å². The minimum atomic E-state index is -0.792. The summed E-state index contributed by atoms with van der Waals surface area (Å²) in [5, 5.41) is 8.87. The van der Waals surface area contributed by atoms with E-state index in [1.54, 1.807) is 0 Å². The first kappa shape index (κ1) is 9.97. The van der Waals surface area contributed by atoms with Crippen molar-refractivity contribution in [3.8, 4) is 0 Å². The first-order valence-electron chi connectivity index (χ1n) is 5.52. The normalized spacial score (nSPS) is 42.9. The van der Waals surface area contributed by atoms with Crippen molar-refractivity contribution in [3.63, 3.8) is 0 Å². The number of carboxylic acid groups (broad SMARTS) is 1. The Morgan fingerprint density at radius 3 is 2.79 bits per heavy atom. The Balaban J connectivity index is 2.01. The lowest BCUT2D eigenvalue weighted by Crippen LogP contribution is -2.36. The van der Waals surface area contributed by atoms with Gasteiger partial charge in [0, 0.05) is 0 Å². The molecule has 1 aliphatic carbocycles. The van der Waals surface area contributed by atoms with Crippen LogP contribution in [0, 0.1) is 5.92 Å². The van der Waals surface area contributed by atoms with Crippen LogP contribution < -0.4 is 0 Å². The molecule has 3 nitrogen and oxygen atoms in total. The van der Waals surface area contributed by atoms with Gasteiger partial charge in [0.1, 0.15) is 0 Å². The Morgan fingerprint density at radius 1 is 1.43 bits per heavy atom. The van der Waals surface area contributed by atoms with Crippen molar-refractivity contribution in [1.29, 1.82) is 0 Å².